The van der Waals surface area contributed by atoms with E-state index in [0.29, 0.717) is 26.2 Å². The minimum Gasteiger partial charge on any atom is -0.374 e. The van der Waals surface area contributed by atoms with Gasteiger partial charge in [0.05, 0.1) is 6.10 Å². The Bertz CT molecular complexity index is 532. The topological polar surface area (TPSA) is 74.8 Å². The first-order chi connectivity index (χ1) is 12.5. The van der Waals surface area contributed by atoms with Crippen molar-refractivity contribution in [1.82, 2.24) is 16.0 Å². The van der Waals surface area contributed by atoms with Crippen LogP contribution < -0.4 is 16.0 Å². The minimum atomic E-state index is 0.00943. The van der Waals surface area contributed by atoms with Crippen LogP contribution in [-0.2, 0) is 9.53 Å². The predicted molar refractivity (Wildman–Crippen MR) is 107 cm³/mol. The lowest BCUT2D eigenvalue weighted by atomic mass is 10.1. The lowest BCUT2D eigenvalue weighted by molar-refractivity contribution is -0.123. The van der Waals surface area contributed by atoms with E-state index in [2.05, 4.69) is 40.0 Å². The van der Waals surface area contributed by atoms with Gasteiger partial charge in [0.15, 0.2) is 5.96 Å². The Balaban J connectivity index is 2.23. The molecule has 26 heavy (non-hydrogen) atoms. The van der Waals surface area contributed by atoms with E-state index in [0.717, 1.165) is 18.9 Å². The molecular formula is C20H34N4O2. The van der Waals surface area contributed by atoms with Gasteiger partial charge in [0.1, 0.15) is 0 Å². The van der Waals surface area contributed by atoms with Crippen LogP contribution in [0.15, 0.2) is 35.3 Å². The van der Waals surface area contributed by atoms with E-state index in [-0.39, 0.29) is 17.9 Å². The van der Waals surface area contributed by atoms with E-state index >= 15 is 0 Å². The maximum absolute atomic E-state index is 11.5. The van der Waals surface area contributed by atoms with Crippen LogP contribution >= 0.6 is 0 Å². The third kappa shape index (κ3) is 9.42. The molecule has 0 radical (unpaired) electrons. The lowest BCUT2D eigenvalue weighted by Crippen LogP contribution is -2.42. The fourth-order valence-electron chi connectivity index (χ4n) is 2.25. The Morgan fingerprint density at radius 1 is 1.08 bits per heavy atom. The van der Waals surface area contributed by atoms with Crippen LogP contribution in [0.3, 0.4) is 0 Å². The number of carbonyl (C=O) groups excluding carboxylic acids is 1. The molecule has 6 heteroatoms. The van der Waals surface area contributed by atoms with E-state index < -0.39 is 0 Å². The zero-order chi connectivity index (χ0) is 19.2. The molecular weight excluding hydrogens is 328 g/mol. The van der Waals surface area contributed by atoms with Gasteiger partial charge in [-0.15, -0.1) is 0 Å². The van der Waals surface area contributed by atoms with Crippen molar-refractivity contribution in [3.05, 3.63) is 35.9 Å². The molecule has 1 unspecified atom stereocenters. The number of carbonyl (C=O) groups is 1. The molecule has 0 aliphatic heterocycles. The quantitative estimate of drug-likeness (QED) is 0.321. The Morgan fingerprint density at radius 2 is 1.77 bits per heavy atom. The van der Waals surface area contributed by atoms with Gasteiger partial charge in [-0.25, -0.2) is 0 Å². The van der Waals surface area contributed by atoms with Gasteiger partial charge in [-0.05, 0) is 25.8 Å². The van der Waals surface area contributed by atoms with E-state index in [1.807, 2.05) is 39.0 Å². The summed E-state index contributed by atoms with van der Waals surface area (Å²) in [4.78, 5) is 16.1. The summed E-state index contributed by atoms with van der Waals surface area (Å²) in [5.74, 6) is 0.844. The van der Waals surface area contributed by atoms with Crippen molar-refractivity contribution in [3.63, 3.8) is 0 Å². The summed E-state index contributed by atoms with van der Waals surface area (Å²) in [5, 5.41) is 9.31. The van der Waals surface area contributed by atoms with Gasteiger partial charge in [0, 0.05) is 38.7 Å². The number of aliphatic imine (C=N–C) groups is 1. The molecule has 0 aromatic heterocycles. The highest BCUT2D eigenvalue weighted by Crippen LogP contribution is 2.15. The van der Waals surface area contributed by atoms with Crippen molar-refractivity contribution in [2.24, 2.45) is 10.9 Å². The number of hydrogen-bond donors (Lipinski definition) is 3. The van der Waals surface area contributed by atoms with Gasteiger partial charge >= 0.3 is 0 Å². The van der Waals surface area contributed by atoms with Gasteiger partial charge in [0.2, 0.25) is 5.91 Å². The van der Waals surface area contributed by atoms with E-state index in [1.54, 1.807) is 0 Å². The number of amides is 1. The molecule has 0 fully saturated rings. The summed E-state index contributed by atoms with van der Waals surface area (Å²) in [7, 11) is 0. The molecule has 146 valence electrons. The largest absolute Gasteiger partial charge is 0.374 e. The molecule has 3 N–H and O–H groups in total. The van der Waals surface area contributed by atoms with Crippen molar-refractivity contribution >= 4 is 11.9 Å². The molecule has 1 aromatic carbocycles. The third-order valence-corrected chi connectivity index (χ3v) is 3.79. The Kier molecular flexibility index (Phi) is 11.1. The number of rotatable bonds is 11. The number of hydrogen-bond acceptors (Lipinski definition) is 3. The predicted octanol–water partition coefficient (Wildman–Crippen LogP) is 2.48. The molecule has 1 amide bonds. The van der Waals surface area contributed by atoms with Crippen molar-refractivity contribution in [2.75, 3.05) is 32.8 Å². The van der Waals surface area contributed by atoms with E-state index in [9.17, 15) is 4.79 Å². The number of benzene rings is 1. The molecule has 0 bridgehead atoms. The maximum atomic E-state index is 11.5. The second-order valence-corrected chi connectivity index (χ2v) is 6.41. The normalized spacial score (nSPS) is 12.7. The molecule has 1 aromatic rings. The number of guanidine groups is 1. The van der Waals surface area contributed by atoms with Gasteiger partial charge in [-0.3, -0.25) is 9.79 Å². The number of nitrogens with one attached hydrogen (secondary N) is 3. The van der Waals surface area contributed by atoms with Crippen LogP contribution in [0.1, 0.15) is 45.8 Å². The van der Waals surface area contributed by atoms with Gasteiger partial charge in [0.25, 0.3) is 0 Å². The summed E-state index contributed by atoms with van der Waals surface area (Å²) in [6.45, 7) is 11.2. The van der Waals surface area contributed by atoms with Gasteiger partial charge in [-0.1, -0.05) is 44.2 Å². The molecule has 0 spiro atoms. The molecule has 1 atom stereocenters. The molecule has 0 saturated heterocycles. The van der Waals surface area contributed by atoms with Crippen molar-refractivity contribution in [3.8, 4) is 0 Å². The first-order valence-corrected chi connectivity index (χ1v) is 9.51. The van der Waals surface area contributed by atoms with E-state index in [4.69, 9.17) is 4.74 Å². The molecule has 0 saturated carbocycles. The molecule has 1 rings (SSSR count). The maximum Gasteiger partial charge on any atom is 0.222 e. The average Bonchev–Trinajstić information content (AvgIpc) is 2.64. The van der Waals surface area contributed by atoms with Crippen LogP contribution in [0.25, 0.3) is 0 Å². The van der Waals surface area contributed by atoms with Crippen molar-refractivity contribution in [2.45, 2.75) is 40.2 Å². The van der Waals surface area contributed by atoms with Crippen LogP contribution in [0, 0.1) is 5.92 Å². The second kappa shape index (κ2) is 13.2. The van der Waals surface area contributed by atoms with Crippen LogP contribution in [0.5, 0.6) is 0 Å². The highest BCUT2D eigenvalue weighted by atomic mass is 16.5. The summed E-state index contributed by atoms with van der Waals surface area (Å²) in [6.07, 6.45) is 0.953. The smallest absolute Gasteiger partial charge is 0.222 e. The second-order valence-electron chi connectivity index (χ2n) is 6.41. The molecule has 6 nitrogen and oxygen atoms in total. The van der Waals surface area contributed by atoms with Gasteiger partial charge < -0.3 is 20.7 Å². The monoisotopic (exact) mass is 362 g/mol. The SMILES string of the molecule is CCNC(=NCCCOC(C)c1ccccc1)NCCNC(=O)C(C)C. The average molecular weight is 363 g/mol. The fourth-order valence-corrected chi connectivity index (χ4v) is 2.25. The summed E-state index contributed by atoms with van der Waals surface area (Å²) >= 11 is 0. The highest BCUT2D eigenvalue weighted by molar-refractivity contribution is 5.80. The fraction of sp³-hybridized carbons (Fsp3) is 0.600. The third-order valence-electron chi connectivity index (χ3n) is 3.79. The standard InChI is InChI=1S/C20H34N4O2/c1-5-21-20(24-14-13-22-19(25)16(2)3)23-12-9-15-26-17(4)18-10-7-6-8-11-18/h6-8,10-11,16-17H,5,9,12-15H2,1-4H3,(H,22,25)(H2,21,23,24). The van der Waals surface area contributed by atoms with Crippen molar-refractivity contribution in [1.29, 1.82) is 0 Å². The van der Waals surface area contributed by atoms with Gasteiger partial charge in [-0.2, -0.15) is 0 Å². The van der Waals surface area contributed by atoms with Crippen molar-refractivity contribution < 1.29 is 9.53 Å². The van der Waals surface area contributed by atoms with Crippen LogP contribution in [0.4, 0.5) is 0 Å². The number of nitrogens with zero attached hydrogens (tertiary/aromatic N) is 1. The molecule has 0 aliphatic rings. The minimum absolute atomic E-state index is 0.00943. The highest BCUT2D eigenvalue weighted by Gasteiger charge is 2.06. The first kappa shape index (κ1) is 22.0. The zero-order valence-corrected chi connectivity index (χ0v) is 16.5. The zero-order valence-electron chi connectivity index (χ0n) is 16.5. The Morgan fingerprint density at radius 3 is 2.42 bits per heavy atom. The Hall–Kier alpha value is -2.08. The van der Waals surface area contributed by atoms with Crippen LogP contribution in [0.2, 0.25) is 0 Å². The molecule has 0 aliphatic carbocycles. The Labute approximate surface area is 157 Å². The first-order valence-electron chi connectivity index (χ1n) is 9.51. The summed E-state index contributed by atoms with van der Waals surface area (Å²) < 4.78 is 5.86. The lowest BCUT2D eigenvalue weighted by Gasteiger charge is -2.14. The molecule has 0 heterocycles. The van der Waals surface area contributed by atoms with E-state index in [1.165, 1.54) is 5.56 Å². The summed E-state index contributed by atoms with van der Waals surface area (Å²) in [6, 6.07) is 10.2. The van der Waals surface area contributed by atoms with Crippen LogP contribution in [-0.4, -0.2) is 44.7 Å². The summed E-state index contributed by atoms with van der Waals surface area (Å²) in [5.41, 5.74) is 1.19. The number of ether oxygens (including phenoxy) is 1.